The molecule has 1 aromatic heterocycles. The van der Waals surface area contributed by atoms with Crippen LogP contribution in [0.2, 0.25) is 0 Å². The molecule has 0 bridgehead atoms. The molecule has 0 saturated heterocycles. The first-order valence-electron chi connectivity index (χ1n) is 4.64. The van der Waals surface area contributed by atoms with Crippen LogP contribution in [0.1, 0.15) is 16.1 Å². The van der Waals surface area contributed by atoms with Crippen LogP contribution in [0.25, 0.3) is 0 Å². The van der Waals surface area contributed by atoms with Crippen molar-refractivity contribution >= 4 is 5.78 Å². The zero-order chi connectivity index (χ0) is 12.3. The zero-order valence-electron chi connectivity index (χ0n) is 9.33. The van der Waals surface area contributed by atoms with E-state index in [1.54, 1.807) is 19.0 Å². The molecule has 0 spiro atoms. The lowest BCUT2D eigenvalue weighted by Gasteiger charge is -2.03. The van der Waals surface area contributed by atoms with E-state index in [4.69, 9.17) is 0 Å². The minimum absolute atomic E-state index is 0.0438. The van der Waals surface area contributed by atoms with Gasteiger partial charge in [-0.25, -0.2) is 4.79 Å². The molecule has 1 heterocycles. The summed E-state index contributed by atoms with van der Waals surface area (Å²) in [5.74, 6) is -0.441. The molecule has 0 aliphatic rings. The van der Waals surface area contributed by atoms with Gasteiger partial charge >= 0.3 is 5.69 Å². The Balaban J connectivity index is 3.20. The number of ketones is 1. The minimum Gasteiger partial charge on any atom is -0.383 e. The summed E-state index contributed by atoms with van der Waals surface area (Å²) in [5, 5.41) is 0. The summed E-state index contributed by atoms with van der Waals surface area (Å²) in [6.45, 7) is 1.51. The quantitative estimate of drug-likeness (QED) is 0.540. The maximum atomic E-state index is 11.6. The summed E-state index contributed by atoms with van der Waals surface area (Å²) < 4.78 is 0. The molecule has 0 atom stereocenters. The van der Waals surface area contributed by atoms with Crippen LogP contribution in [0.4, 0.5) is 0 Å². The summed E-state index contributed by atoms with van der Waals surface area (Å²) in [7, 11) is 3.52. The number of allylic oxidation sites excluding steroid dienone is 1. The number of carbonyl (C=O) groups excluding carboxylic acids is 1. The number of H-pyrrole nitrogens is 2. The Bertz CT molecular complexity index is 537. The SMILES string of the molecule is Cc1[nH]c(=O)[nH]c(=O)c1C(=O)C=CN(C)C. The van der Waals surface area contributed by atoms with Crippen LogP contribution < -0.4 is 11.2 Å². The van der Waals surface area contributed by atoms with Gasteiger partial charge < -0.3 is 9.88 Å². The first kappa shape index (κ1) is 12.0. The fourth-order valence-corrected chi connectivity index (χ4v) is 1.20. The number of aryl methyl sites for hydroxylation is 1. The summed E-state index contributed by atoms with van der Waals surface area (Å²) in [4.78, 5) is 40.0. The van der Waals surface area contributed by atoms with Gasteiger partial charge in [-0.1, -0.05) is 0 Å². The smallest absolute Gasteiger partial charge is 0.325 e. The number of rotatable bonds is 3. The fraction of sp³-hybridized carbons (Fsp3) is 0.300. The summed E-state index contributed by atoms with van der Waals surface area (Å²) in [6, 6.07) is 0. The molecule has 0 saturated carbocycles. The zero-order valence-corrected chi connectivity index (χ0v) is 9.33. The predicted molar refractivity (Wildman–Crippen MR) is 59.6 cm³/mol. The average Bonchev–Trinajstić information content (AvgIpc) is 2.12. The van der Waals surface area contributed by atoms with Crippen molar-refractivity contribution in [3.05, 3.63) is 44.4 Å². The summed E-state index contributed by atoms with van der Waals surface area (Å²) >= 11 is 0. The number of carbonyl (C=O) groups is 1. The summed E-state index contributed by atoms with van der Waals surface area (Å²) in [6.07, 6.45) is 2.81. The number of nitrogens with zero attached hydrogens (tertiary/aromatic N) is 1. The molecule has 0 radical (unpaired) electrons. The Labute approximate surface area is 91.6 Å². The van der Waals surface area contributed by atoms with Crippen molar-refractivity contribution in [1.29, 1.82) is 0 Å². The van der Waals surface area contributed by atoms with Gasteiger partial charge in [-0.15, -0.1) is 0 Å². The van der Waals surface area contributed by atoms with E-state index in [0.29, 0.717) is 0 Å². The van der Waals surface area contributed by atoms with Gasteiger partial charge in [-0.2, -0.15) is 0 Å². The third kappa shape index (κ3) is 2.69. The van der Waals surface area contributed by atoms with E-state index >= 15 is 0 Å². The van der Waals surface area contributed by atoms with E-state index in [2.05, 4.69) is 4.98 Å². The maximum absolute atomic E-state index is 11.6. The largest absolute Gasteiger partial charge is 0.383 e. The van der Waals surface area contributed by atoms with E-state index in [1.165, 1.54) is 19.2 Å². The van der Waals surface area contributed by atoms with Gasteiger partial charge in [0.2, 0.25) is 0 Å². The Kier molecular flexibility index (Phi) is 3.44. The normalized spacial score (nSPS) is 10.7. The molecule has 6 heteroatoms. The molecule has 0 aliphatic carbocycles. The highest BCUT2D eigenvalue weighted by Crippen LogP contribution is 1.98. The molecule has 86 valence electrons. The van der Waals surface area contributed by atoms with E-state index in [-0.39, 0.29) is 11.3 Å². The van der Waals surface area contributed by atoms with Gasteiger partial charge in [0.05, 0.1) is 0 Å². The molecule has 6 nitrogen and oxygen atoms in total. The van der Waals surface area contributed by atoms with Crippen molar-refractivity contribution in [2.24, 2.45) is 0 Å². The van der Waals surface area contributed by atoms with Crippen LogP contribution >= 0.6 is 0 Å². The molecule has 0 aliphatic heterocycles. The van der Waals surface area contributed by atoms with Crippen LogP contribution in [-0.4, -0.2) is 34.7 Å². The molecule has 0 fully saturated rings. The Morgan fingerprint density at radius 1 is 1.25 bits per heavy atom. The second kappa shape index (κ2) is 4.61. The van der Waals surface area contributed by atoms with Crippen LogP contribution in [0.5, 0.6) is 0 Å². The Hall–Kier alpha value is -2.11. The van der Waals surface area contributed by atoms with E-state index in [9.17, 15) is 14.4 Å². The Morgan fingerprint density at radius 3 is 2.38 bits per heavy atom. The van der Waals surface area contributed by atoms with Crippen molar-refractivity contribution in [3.8, 4) is 0 Å². The third-order valence-electron chi connectivity index (χ3n) is 1.90. The van der Waals surface area contributed by atoms with Gasteiger partial charge in [-0.3, -0.25) is 14.6 Å². The van der Waals surface area contributed by atoms with Crippen LogP contribution in [-0.2, 0) is 0 Å². The highest BCUT2D eigenvalue weighted by molar-refractivity contribution is 6.04. The topological polar surface area (TPSA) is 86.0 Å². The van der Waals surface area contributed by atoms with Gasteiger partial charge in [0.1, 0.15) is 5.56 Å². The van der Waals surface area contributed by atoms with Crippen molar-refractivity contribution in [2.75, 3.05) is 14.1 Å². The van der Waals surface area contributed by atoms with Crippen molar-refractivity contribution in [2.45, 2.75) is 6.92 Å². The number of aromatic amines is 2. The molecule has 2 N–H and O–H groups in total. The van der Waals surface area contributed by atoms with Crippen LogP contribution in [0, 0.1) is 6.92 Å². The second-order valence-corrected chi connectivity index (χ2v) is 3.55. The van der Waals surface area contributed by atoms with Gasteiger partial charge in [0.25, 0.3) is 5.56 Å². The third-order valence-corrected chi connectivity index (χ3v) is 1.90. The molecule has 1 rings (SSSR count). The lowest BCUT2D eigenvalue weighted by atomic mass is 10.1. The molecule has 16 heavy (non-hydrogen) atoms. The molecular weight excluding hydrogens is 210 g/mol. The number of aromatic nitrogens is 2. The van der Waals surface area contributed by atoms with E-state index < -0.39 is 17.0 Å². The number of hydrogen-bond donors (Lipinski definition) is 2. The first-order chi connectivity index (χ1) is 7.41. The van der Waals surface area contributed by atoms with E-state index in [1.807, 2.05) is 4.98 Å². The minimum atomic E-state index is -0.672. The number of hydrogen-bond acceptors (Lipinski definition) is 4. The van der Waals surface area contributed by atoms with Crippen molar-refractivity contribution in [3.63, 3.8) is 0 Å². The highest BCUT2D eigenvalue weighted by atomic mass is 16.2. The number of nitrogens with one attached hydrogen (secondary N) is 2. The first-order valence-corrected chi connectivity index (χ1v) is 4.64. The van der Waals surface area contributed by atoms with Gasteiger partial charge in [0, 0.05) is 32.1 Å². The predicted octanol–water partition coefficient (Wildman–Crippen LogP) is -0.370. The second-order valence-electron chi connectivity index (χ2n) is 3.55. The molecular formula is C10H13N3O3. The summed E-state index contributed by atoms with van der Waals surface area (Å²) in [5.41, 5.74) is -1.06. The fourth-order valence-electron chi connectivity index (χ4n) is 1.20. The molecule has 0 amide bonds. The molecule has 0 aromatic carbocycles. The van der Waals surface area contributed by atoms with Crippen LogP contribution in [0.3, 0.4) is 0 Å². The lowest BCUT2D eigenvalue weighted by Crippen LogP contribution is -2.29. The van der Waals surface area contributed by atoms with Crippen molar-refractivity contribution in [1.82, 2.24) is 14.9 Å². The maximum Gasteiger partial charge on any atom is 0.325 e. The van der Waals surface area contributed by atoms with Crippen molar-refractivity contribution < 1.29 is 4.79 Å². The van der Waals surface area contributed by atoms with Gasteiger partial charge in [-0.05, 0) is 6.92 Å². The standard InChI is InChI=1S/C10H13N3O3/c1-6-8(7(14)4-5-13(2)3)9(15)12-10(16)11-6/h4-5H,1-3H3,(H2,11,12,15,16). The highest BCUT2D eigenvalue weighted by Gasteiger charge is 2.11. The molecule has 1 aromatic rings. The van der Waals surface area contributed by atoms with Crippen LogP contribution in [0.15, 0.2) is 21.9 Å². The molecule has 0 unspecified atom stereocenters. The van der Waals surface area contributed by atoms with E-state index in [0.717, 1.165) is 0 Å². The lowest BCUT2D eigenvalue weighted by molar-refractivity contribution is 0.104. The Morgan fingerprint density at radius 2 is 1.88 bits per heavy atom. The average molecular weight is 223 g/mol. The van der Waals surface area contributed by atoms with Gasteiger partial charge in [0.15, 0.2) is 5.78 Å². The monoisotopic (exact) mass is 223 g/mol.